The van der Waals surface area contributed by atoms with Crippen LogP contribution >= 0.6 is 11.3 Å². The Hall–Kier alpha value is -1.94. The predicted molar refractivity (Wildman–Crippen MR) is 126 cm³/mol. The topological polar surface area (TPSA) is 76.2 Å². The first-order chi connectivity index (χ1) is 15.1. The van der Waals surface area contributed by atoms with Gasteiger partial charge in [-0.1, -0.05) is 26.0 Å². The van der Waals surface area contributed by atoms with E-state index >= 15 is 0 Å². The summed E-state index contributed by atoms with van der Waals surface area (Å²) in [6.07, 6.45) is 0.606. The zero-order chi connectivity index (χ0) is 23.6. The summed E-state index contributed by atoms with van der Waals surface area (Å²) >= 11 is 1.20. The van der Waals surface area contributed by atoms with Crippen LogP contribution in [0.3, 0.4) is 0 Å². The molecule has 0 radical (unpaired) electrons. The summed E-state index contributed by atoms with van der Waals surface area (Å²) in [5, 5.41) is 0. The number of rotatable bonds is 8. The highest BCUT2D eigenvalue weighted by Crippen LogP contribution is 2.38. The number of aryl methyl sites for hydroxylation is 1. The molecule has 0 atom stereocenters. The third-order valence-corrected chi connectivity index (χ3v) is 9.16. The van der Waals surface area contributed by atoms with E-state index < -0.39 is 16.0 Å². The van der Waals surface area contributed by atoms with Gasteiger partial charge in [0.15, 0.2) is 0 Å². The minimum atomic E-state index is -3.78. The lowest BCUT2D eigenvalue weighted by Crippen LogP contribution is -2.31. The van der Waals surface area contributed by atoms with Gasteiger partial charge in [-0.15, -0.1) is 11.3 Å². The van der Waals surface area contributed by atoms with Crippen LogP contribution in [0, 0.1) is 12.8 Å². The van der Waals surface area contributed by atoms with E-state index in [1.165, 1.54) is 28.3 Å². The smallest absolute Gasteiger partial charge is 0.340 e. The van der Waals surface area contributed by atoms with E-state index in [1.54, 1.807) is 14.2 Å². The van der Waals surface area contributed by atoms with Gasteiger partial charge in [0, 0.05) is 38.1 Å². The first-order valence-electron chi connectivity index (χ1n) is 10.6. The molecule has 1 aliphatic heterocycles. The molecule has 1 aromatic carbocycles. The molecule has 32 heavy (non-hydrogen) atoms. The van der Waals surface area contributed by atoms with Gasteiger partial charge in [0.05, 0.1) is 19.8 Å². The van der Waals surface area contributed by atoms with E-state index in [4.69, 9.17) is 9.47 Å². The van der Waals surface area contributed by atoms with Gasteiger partial charge in [0.2, 0.25) is 0 Å². The summed E-state index contributed by atoms with van der Waals surface area (Å²) < 4.78 is 38.3. The highest BCUT2D eigenvalue weighted by atomic mass is 32.2. The maximum atomic E-state index is 13.3. The van der Waals surface area contributed by atoms with Gasteiger partial charge in [0.25, 0.3) is 10.0 Å². The lowest BCUT2D eigenvalue weighted by atomic mass is 10.0. The van der Waals surface area contributed by atoms with Gasteiger partial charge in [-0.25, -0.2) is 13.2 Å². The second-order valence-corrected chi connectivity index (χ2v) is 11.9. The normalized spacial score (nSPS) is 14.6. The van der Waals surface area contributed by atoms with Crippen LogP contribution in [-0.2, 0) is 34.3 Å². The number of carbonyl (C=O) groups excluding carboxylic acids is 1. The summed E-state index contributed by atoms with van der Waals surface area (Å²) in [6, 6.07) is 6.13. The summed E-state index contributed by atoms with van der Waals surface area (Å²) in [5.74, 6) is 0.448. The lowest BCUT2D eigenvalue weighted by Gasteiger charge is -2.27. The average molecular weight is 481 g/mol. The maximum absolute atomic E-state index is 13.3. The van der Waals surface area contributed by atoms with Gasteiger partial charge >= 0.3 is 5.97 Å². The molecule has 1 aromatic heterocycles. The molecule has 0 amide bonds. The fourth-order valence-electron chi connectivity index (χ4n) is 4.11. The van der Waals surface area contributed by atoms with Crippen LogP contribution in [0.25, 0.3) is 0 Å². The third kappa shape index (κ3) is 5.01. The molecular weight excluding hydrogens is 448 g/mol. The van der Waals surface area contributed by atoms with Crippen LogP contribution in [-0.4, -0.2) is 57.9 Å². The summed E-state index contributed by atoms with van der Waals surface area (Å²) in [7, 11) is 0.732. The van der Waals surface area contributed by atoms with E-state index in [2.05, 4.69) is 11.0 Å². The highest BCUT2D eigenvalue weighted by Gasteiger charge is 2.36. The van der Waals surface area contributed by atoms with Gasteiger partial charge < -0.3 is 9.47 Å². The first-order valence-corrected chi connectivity index (χ1v) is 12.9. The number of nitrogens with zero attached hydrogens (tertiary/aromatic N) is 2. The molecule has 2 aromatic rings. The van der Waals surface area contributed by atoms with Crippen molar-refractivity contribution in [3.63, 3.8) is 0 Å². The quantitative estimate of drug-likeness (QED) is 0.537. The van der Waals surface area contributed by atoms with Crippen LogP contribution in [0.15, 0.2) is 22.4 Å². The SMILES string of the molecule is COC(=O)c1c(S(=O)(=O)N(C)CC(C)C)sc2c1CCN(Cc1ccc(OC)c(C)c1)C2. The van der Waals surface area contributed by atoms with E-state index in [-0.39, 0.29) is 15.7 Å². The number of esters is 1. The highest BCUT2D eigenvalue weighted by molar-refractivity contribution is 7.91. The molecule has 0 fully saturated rings. The van der Waals surface area contributed by atoms with Crippen molar-refractivity contribution in [1.29, 1.82) is 0 Å². The number of sulfonamides is 1. The number of methoxy groups -OCH3 is 2. The molecule has 0 aliphatic carbocycles. The number of ether oxygens (including phenoxy) is 2. The largest absolute Gasteiger partial charge is 0.496 e. The van der Waals surface area contributed by atoms with Crippen molar-refractivity contribution in [1.82, 2.24) is 9.21 Å². The number of carbonyl (C=O) groups is 1. The third-order valence-electron chi connectivity index (χ3n) is 5.63. The molecule has 0 saturated carbocycles. The van der Waals surface area contributed by atoms with Gasteiger partial charge in [-0.05, 0) is 42.0 Å². The van der Waals surface area contributed by atoms with Crippen LogP contribution in [0.5, 0.6) is 5.75 Å². The van der Waals surface area contributed by atoms with Crippen molar-refractivity contribution in [3.05, 3.63) is 45.3 Å². The van der Waals surface area contributed by atoms with Gasteiger partial charge in [-0.2, -0.15) is 4.31 Å². The zero-order valence-corrected chi connectivity index (χ0v) is 21.2. The molecular formula is C23H32N2O5S2. The molecule has 7 nitrogen and oxygen atoms in total. The molecule has 3 rings (SSSR count). The Bertz CT molecular complexity index is 1090. The summed E-state index contributed by atoms with van der Waals surface area (Å²) in [5.41, 5.74) is 3.26. The molecule has 0 unspecified atom stereocenters. The summed E-state index contributed by atoms with van der Waals surface area (Å²) in [6.45, 7) is 8.40. The summed E-state index contributed by atoms with van der Waals surface area (Å²) in [4.78, 5) is 15.8. The molecule has 0 N–H and O–H groups in total. The second-order valence-electron chi connectivity index (χ2n) is 8.60. The van der Waals surface area contributed by atoms with Crippen LogP contribution < -0.4 is 4.74 Å². The lowest BCUT2D eigenvalue weighted by molar-refractivity contribution is 0.0595. The van der Waals surface area contributed by atoms with Crippen molar-refractivity contribution in [2.75, 3.05) is 34.4 Å². The van der Waals surface area contributed by atoms with E-state index in [0.29, 0.717) is 19.5 Å². The zero-order valence-electron chi connectivity index (χ0n) is 19.6. The molecule has 176 valence electrons. The van der Waals surface area contributed by atoms with Crippen molar-refractivity contribution in [2.24, 2.45) is 5.92 Å². The molecule has 0 bridgehead atoms. The second kappa shape index (κ2) is 9.91. The monoisotopic (exact) mass is 480 g/mol. The minimum absolute atomic E-state index is 0.0969. The Balaban J connectivity index is 1.91. The van der Waals surface area contributed by atoms with Crippen molar-refractivity contribution in [2.45, 2.75) is 44.5 Å². The Morgan fingerprint density at radius 3 is 2.59 bits per heavy atom. The van der Waals surface area contributed by atoms with Crippen LogP contribution in [0.2, 0.25) is 0 Å². The maximum Gasteiger partial charge on any atom is 0.340 e. The number of fused-ring (bicyclic) bond motifs is 1. The van der Waals surface area contributed by atoms with E-state index in [9.17, 15) is 13.2 Å². The van der Waals surface area contributed by atoms with Gasteiger partial charge in [-0.3, -0.25) is 4.90 Å². The number of hydrogen-bond donors (Lipinski definition) is 0. The molecule has 0 saturated heterocycles. The standard InChI is InChI=1S/C23H32N2O5S2/c1-15(2)12-24(4)32(27,28)23-21(22(26)30-6)18-9-10-25(14-20(18)31-23)13-17-7-8-19(29-5)16(3)11-17/h7-8,11,15H,9-10,12-14H2,1-6H3. The molecule has 1 aliphatic rings. The molecule has 0 spiro atoms. The first kappa shape index (κ1) is 24.7. The van der Waals surface area contributed by atoms with Crippen LogP contribution in [0.1, 0.15) is 45.8 Å². The average Bonchev–Trinajstić information content (AvgIpc) is 3.12. The van der Waals surface area contributed by atoms with Crippen molar-refractivity contribution in [3.8, 4) is 5.75 Å². The van der Waals surface area contributed by atoms with Crippen molar-refractivity contribution >= 4 is 27.3 Å². The predicted octanol–water partition coefficient (Wildman–Crippen LogP) is 3.69. The number of hydrogen-bond acceptors (Lipinski definition) is 7. The fourth-order valence-corrected chi connectivity index (χ4v) is 7.56. The fraction of sp³-hybridized carbons (Fsp3) is 0.522. The Labute approximate surface area is 195 Å². The number of benzene rings is 1. The van der Waals surface area contributed by atoms with Gasteiger partial charge in [0.1, 0.15) is 9.96 Å². The number of thiophene rings is 1. The van der Waals surface area contributed by atoms with Crippen LogP contribution in [0.4, 0.5) is 0 Å². The Kier molecular flexibility index (Phi) is 7.65. The molecule has 2 heterocycles. The Morgan fingerprint density at radius 2 is 2.00 bits per heavy atom. The van der Waals surface area contributed by atoms with E-state index in [0.717, 1.165) is 34.8 Å². The molecule has 9 heteroatoms. The Morgan fingerprint density at radius 1 is 1.28 bits per heavy atom. The van der Waals surface area contributed by atoms with E-state index in [1.807, 2.05) is 32.9 Å². The minimum Gasteiger partial charge on any atom is -0.496 e. The van der Waals surface area contributed by atoms with Crippen molar-refractivity contribution < 1.29 is 22.7 Å².